The van der Waals surface area contributed by atoms with Crippen molar-refractivity contribution in [3.63, 3.8) is 0 Å². The molecule has 0 bridgehead atoms. The van der Waals surface area contributed by atoms with Gasteiger partial charge in [0.25, 0.3) is 0 Å². The SMILES string of the molecule is CCNC(=NCCC(=O)Nc1cccc(C)n1)N(C)Cc1cc(Cl)cn1C. The maximum Gasteiger partial charge on any atom is 0.227 e. The number of rotatable bonds is 7. The molecule has 0 fully saturated rings. The molecule has 7 nitrogen and oxygen atoms in total. The summed E-state index contributed by atoms with van der Waals surface area (Å²) in [5.41, 5.74) is 1.94. The number of hydrogen-bond acceptors (Lipinski definition) is 3. The lowest BCUT2D eigenvalue weighted by molar-refractivity contribution is -0.116. The summed E-state index contributed by atoms with van der Waals surface area (Å²) < 4.78 is 1.99. The first-order valence-electron chi connectivity index (χ1n) is 8.92. The van der Waals surface area contributed by atoms with E-state index in [4.69, 9.17) is 11.6 Å². The Morgan fingerprint density at radius 3 is 2.81 bits per heavy atom. The number of carbonyl (C=O) groups is 1. The molecule has 0 radical (unpaired) electrons. The molecule has 0 saturated carbocycles. The minimum Gasteiger partial charge on any atom is -0.357 e. The molecule has 0 spiro atoms. The summed E-state index contributed by atoms with van der Waals surface area (Å²) >= 11 is 6.05. The Bertz CT molecular complexity index is 801. The highest BCUT2D eigenvalue weighted by Gasteiger charge is 2.10. The van der Waals surface area contributed by atoms with Crippen LogP contribution in [0.4, 0.5) is 5.82 Å². The summed E-state index contributed by atoms with van der Waals surface area (Å²) in [5, 5.41) is 6.76. The zero-order valence-corrected chi connectivity index (χ0v) is 17.0. The number of nitrogens with one attached hydrogen (secondary N) is 2. The fraction of sp³-hybridized carbons (Fsp3) is 0.421. The summed E-state index contributed by atoms with van der Waals surface area (Å²) in [5.74, 6) is 1.20. The summed E-state index contributed by atoms with van der Waals surface area (Å²) in [6.45, 7) is 5.69. The average Bonchev–Trinajstić information content (AvgIpc) is 2.91. The number of hydrogen-bond donors (Lipinski definition) is 2. The lowest BCUT2D eigenvalue weighted by atomic mass is 10.3. The van der Waals surface area contributed by atoms with E-state index in [1.807, 2.05) is 61.8 Å². The number of aryl methyl sites for hydroxylation is 2. The number of anilines is 1. The molecule has 2 aromatic rings. The molecule has 0 aromatic carbocycles. The maximum atomic E-state index is 12.1. The molecule has 146 valence electrons. The van der Waals surface area contributed by atoms with Gasteiger partial charge in [-0.25, -0.2) is 4.98 Å². The molecule has 27 heavy (non-hydrogen) atoms. The van der Waals surface area contributed by atoms with Crippen molar-refractivity contribution in [3.05, 3.63) is 46.9 Å². The van der Waals surface area contributed by atoms with Crippen molar-refractivity contribution in [2.75, 3.05) is 25.5 Å². The Morgan fingerprint density at radius 1 is 1.41 bits per heavy atom. The lowest BCUT2D eigenvalue weighted by Gasteiger charge is -2.22. The molecule has 1 amide bonds. The van der Waals surface area contributed by atoms with Crippen molar-refractivity contribution >= 4 is 29.3 Å². The highest BCUT2D eigenvalue weighted by molar-refractivity contribution is 6.30. The number of pyridine rings is 1. The van der Waals surface area contributed by atoms with E-state index in [9.17, 15) is 4.79 Å². The Morgan fingerprint density at radius 2 is 2.19 bits per heavy atom. The lowest BCUT2D eigenvalue weighted by Crippen LogP contribution is -2.39. The third-order valence-corrected chi connectivity index (χ3v) is 4.13. The van der Waals surface area contributed by atoms with E-state index < -0.39 is 0 Å². The number of amides is 1. The van der Waals surface area contributed by atoms with E-state index in [1.54, 1.807) is 6.07 Å². The van der Waals surface area contributed by atoms with Crippen LogP contribution in [0.3, 0.4) is 0 Å². The van der Waals surface area contributed by atoms with Crippen molar-refractivity contribution in [2.24, 2.45) is 12.0 Å². The smallest absolute Gasteiger partial charge is 0.227 e. The van der Waals surface area contributed by atoms with Gasteiger partial charge in [-0.05, 0) is 32.0 Å². The maximum absolute atomic E-state index is 12.1. The standard InChI is InChI=1S/C19H27ClN6O/c1-5-21-19(26(4)13-16-11-15(20)12-25(16)3)22-10-9-18(27)24-17-8-6-7-14(2)23-17/h6-8,11-12H,5,9-10,13H2,1-4H3,(H,21,22)(H,23,24,27). The molecule has 2 heterocycles. The van der Waals surface area contributed by atoms with Gasteiger partial charge in [-0.1, -0.05) is 17.7 Å². The van der Waals surface area contributed by atoms with Crippen molar-refractivity contribution in [1.82, 2.24) is 19.8 Å². The van der Waals surface area contributed by atoms with Crippen LogP contribution >= 0.6 is 11.6 Å². The van der Waals surface area contributed by atoms with Crippen LogP contribution in [0.5, 0.6) is 0 Å². The Hall–Kier alpha value is -2.54. The van der Waals surface area contributed by atoms with Crippen LogP contribution in [0.1, 0.15) is 24.7 Å². The fourth-order valence-electron chi connectivity index (χ4n) is 2.59. The van der Waals surface area contributed by atoms with E-state index in [0.717, 1.165) is 23.9 Å². The number of carbonyl (C=O) groups excluding carboxylic acids is 1. The first-order valence-corrected chi connectivity index (χ1v) is 9.30. The van der Waals surface area contributed by atoms with Crippen molar-refractivity contribution in [3.8, 4) is 0 Å². The van der Waals surface area contributed by atoms with Gasteiger partial charge in [0.2, 0.25) is 5.91 Å². The molecular weight excluding hydrogens is 364 g/mol. The second-order valence-electron chi connectivity index (χ2n) is 6.31. The fourth-order valence-corrected chi connectivity index (χ4v) is 2.86. The van der Waals surface area contributed by atoms with Crippen LogP contribution in [-0.4, -0.2) is 46.5 Å². The zero-order valence-electron chi connectivity index (χ0n) is 16.3. The predicted molar refractivity (Wildman–Crippen MR) is 110 cm³/mol. The van der Waals surface area contributed by atoms with Gasteiger partial charge < -0.3 is 20.1 Å². The summed E-state index contributed by atoms with van der Waals surface area (Å²) in [6.07, 6.45) is 2.16. The zero-order chi connectivity index (χ0) is 19.8. The topological polar surface area (TPSA) is 74.5 Å². The molecule has 0 unspecified atom stereocenters. The van der Waals surface area contributed by atoms with E-state index in [2.05, 4.69) is 20.6 Å². The van der Waals surface area contributed by atoms with Gasteiger partial charge in [-0.3, -0.25) is 9.79 Å². The number of aromatic nitrogens is 2. The third-order valence-electron chi connectivity index (χ3n) is 3.93. The minimum absolute atomic E-state index is 0.107. The van der Waals surface area contributed by atoms with E-state index in [0.29, 0.717) is 23.9 Å². The Balaban J connectivity index is 1.91. The summed E-state index contributed by atoms with van der Waals surface area (Å²) in [7, 11) is 3.92. The van der Waals surface area contributed by atoms with Crippen molar-refractivity contribution in [1.29, 1.82) is 0 Å². The second kappa shape index (κ2) is 9.97. The van der Waals surface area contributed by atoms with Crippen LogP contribution in [0.15, 0.2) is 35.5 Å². The van der Waals surface area contributed by atoms with Gasteiger partial charge in [-0.2, -0.15) is 0 Å². The first kappa shape index (κ1) is 20.8. The number of halogens is 1. The average molecular weight is 391 g/mol. The number of nitrogens with zero attached hydrogens (tertiary/aromatic N) is 4. The second-order valence-corrected chi connectivity index (χ2v) is 6.75. The van der Waals surface area contributed by atoms with Crippen LogP contribution in [0.2, 0.25) is 5.02 Å². The van der Waals surface area contributed by atoms with Gasteiger partial charge >= 0.3 is 0 Å². The minimum atomic E-state index is -0.107. The van der Waals surface area contributed by atoms with Crippen LogP contribution < -0.4 is 10.6 Å². The van der Waals surface area contributed by atoms with Crippen molar-refractivity contribution in [2.45, 2.75) is 26.8 Å². The van der Waals surface area contributed by atoms with Gasteiger partial charge in [-0.15, -0.1) is 0 Å². The van der Waals surface area contributed by atoms with Gasteiger partial charge in [0.1, 0.15) is 5.82 Å². The third kappa shape index (κ3) is 6.60. The molecule has 8 heteroatoms. The van der Waals surface area contributed by atoms with E-state index >= 15 is 0 Å². The molecule has 0 aliphatic rings. The molecule has 0 saturated heterocycles. The van der Waals surface area contributed by atoms with Gasteiger partial charge in [0, 0.05) is 44.6 Å². The van der Waals surface area contributed by atoms with Crippen LogP contribution in [0, 0.1) is 6.92 Å². The van der Waals surface area contributed by atoms with Gasteiger partial charge in [0.15, 0.2) is 5.96 Å². The molecule has 2 aromatic heterocycles. The van der Waals surface area contributed by atoms with Gasteiger partial charge in [0.05, 0.1) is 18.1 Å². The van der Waals surface area contributed by atoms with E-state index in [1.165, 1.54) is 0 Å². The molecule has 0 aliphatic heterocycles. The summed E-state index contributed by atoms with van der Waals surface area (Å²) in [4.78, 5) is 22.9. The Kier molecular flexibility index (Phi) is 7.67. The van der Waals surface area contributed by atoms with E-state index in [-0.39, 0.29) is 12.3 Å². The number of aliphatic imine (C=N–C) groups is 1. The highest BCUT2D eigenvalue weighted by Crippen LogP contribution is 2.14. The summed E-state index contributed by atoms with van der Waals surface area (Å²) in [6, 6.07) is 7.46. The molecule has 0 aliphatic carbocycles. The normalized spacial score (nSPS) is 11.4. The molecular formula is C19H27ClN6O. The predicted octanol–water partition coefficient (Wildman–Crippen LogP) is 2.81. The largest absolute Gasteiger partial charge is 0.357 e. The monoisotopic (exact) mass is 390 g/mol. The number of guanidine groups is 1. The van der Waals surface area contributed by atoms with Crippen LogP contribution in [0.25, 0.3) is 0 Å². The molecule has 0 atom stereocenters. The molecule has 2 N–H and O–H groups in total. The quantitative estimate of drug-likeness (QED) is 0.563. The Labute approximate surface area is 165 Å². The molecule has 2 rings (SSSR count). The van der Waals surface area contributed by atoms with Crippen molar-refractivity contribution < 1.29 is 4.79 Å². The highest BCUT2D eigenvalue weighted by atomic mass is 35.5. The van der Waals surface area contributed by atoms with Crippen LogP contribution in [-0.2, 0) is 18.4 Å². The first-order chi connectivity index (χ1) is 12.9.